The molecule has 0 fully saturated rings. The topological polar surface area (TPSA) is 53.1 Å². The summed E-state index contributed by atoms with van der Waals surface area (Å²) in [6.45, 7) is 3.89. The molecule has 1 atom stereocenters. The Morgan fingerprint density at radius 2 is 2.10 bits per heavy atom. The largest absolute Gasteiger partial charge is 0.383 e. The molecule has 2 heterocycles. The van der Waals surface area contributed by atoms with Crippen LogP contribution in [0.4, 0.5) is 5.82 Å². The first-order valence-corrected chi connectivity index (χ1v) is 7.12. The summed E-state index contributed by atoms with van der Waals surface area (Å²) < 4.78 is 7.30. The van der Waals surface area contributed by atoms with Crippen LogP contribution in [0.2, 0.25) is 0 Å². The van der Waals surface area contributed by atoms with E-state index in [0.717, 1.165) is 41.4 Å². The van der Waals surface area contributed by atoms with Gasteiger partial charge in [-0.2, -0.15) is 0 Å². The SMILES string of the molecule is COCc1ccc(-c2nc3n(c2N)CCC(C)C3)cc1. The van der Waals surface area contributed by atoms with Gasteiger partial charge in [-0.15, -0.1) is 0 Å². The lowest BCUT2D eigenvalue weighted by atomic mass is 10.0. The van der Waals surface area contributed by atoms with E-state index >= 15 is 0 Å². The number of ether oxygens (including phenoxy) is 1. The van der Waals surface area contributed by atoms with E-state index in [-0.39, 0.29) is 0 Å². The van der Waals surface area contributed by atoms with E-state index in [0.29, 0.717) is 12.5 Å². The Bertz CT molecular complexity index is 601. The van der Waals surface area contributed by atoms with Crippen LogP contribution in [0.1, 0.15) is 24.7 Å². The number of rotatable bonds is 3. The fourth-order valence-corrected chi connectivity index (χ4v) is 2.82. The summed E-state index contributed by atoms with van der Waals surface area (Å²) in [5.74, 6) is 2.62. The first-order chi connectivity index (χ1) is 9.69. The number of aromatic nitrogens is 2. The van der Waals surface area contributed by atoms with E-state index in [2.05, 4.69) is 35.8 Å². The second-order valence-electron chi connectivity index (χ2n) is 5.64. The second kappa shape index (κ2) is 5.29. The second-order valence-corrected chi connectivity index (χ2v) is 5.64. The first-order valence-electron chi connectivity index (χ1n) is 7.12. The predicted octanol–water partition coefficient (Wildman–Crippen LogP) is 2.86. The van der Waals surface area contributed by atoms with Crippen LogP contribution in [0, 0.1) is 5.92 Å². The van der Waals surface area contributed by atoms with Crippen molar-refractivity contribution in [1.29, 1.82) is 0 Å². The Morgan fingerprint density at radius 1 is 1.35 bits per heavy atom. The van der Waals surface area contributed by atoms with Crippen LogP contribution in [-0.2, 0) is 24.3 Å². The molecule has 1 aliphatic rings. The van der Waals surface area contributed by atoms with Crippen molar-refractivity contribution in [3.05, 3.63) is 35.7 Å². The molecule has 20 heavy (non-hydrogen) atoms. The number of imidazole rings is 1. The molecule has 106 valence electrons. The number of nitrogens with two attached hydrogens (primary N) is 1. The van der Waals surface area contributed by atoms with Crippen LogP contribution in [0.5, 0.6) is 0 Å². The molecule has 0 saturated carbocycles. The molecule has 0 aliphatic carbocycles. The lowest BCUT2D eigenvalue weighted by Crippen LogP contribution is -2.18. The first kappa shape index (κ1) is 13.2. The monoisotopic (exact) mass is 271 g/mol. The number of fused-ring (bicyclic) bond motifs is 1. The van der Waals surface area contributed by atoms with Crippen molar-refractivity contribution in [2.45, 2.75) is 32.9 Å². The highest BCUT2D eigenvalue weighted by molar-refractivity contribution is 5.71. The number of anilines is 1. The normalized spacial score (nSPS) is 18.0. The standard InChI is InChI=1S/C16H21N3O/c1-11-7-8-19-14(9-11)18-15(16(19)17)13-5-3-12(4-6-13)10-20-2/h3-6,11H,7-10,17H2,1-2H3. The summed E-state index contributed by atoms with van der Waals surface area (Å²) in [5, 5.41) is 0. The summed E-state index contributed by atoms with van der Waals surface area (Å²) in [5.41, 5.74) is 9.43. The van der Waals surface area contributed by atoms with Crippen molar-refractivity contribution in [3.8, 4) is 11.3 Å². The number of nitrogen functional groups attached to an aromatic ring is 1. The Kier molecular flexibility index (Phi) is 3.49. The molecule has 1 aromatic carbocycles. The Balaban J connectivity index is 1.94. The Hall–Kier alpha value is -1.81. The van der Waals surface area contributed by atoms with Gasteiger partial charge in [0.1, 0.15) is 17.3 Å². The van der Waals surface area contributed by atoms with Crippen LogP contribution in [0.15, 0.2) is 24.3 Å². The van der Waals surface area contributed by atoms with Gasteiger partial charge in [-0.25, -0.2) is 4.98 Å². The quantitative estimate of drug-likeness (QED) is 0.934. The third-order valence-electron chi connectivity index (χ3n) is 4.00. The number of benzene rings is 1. The van der Waals surface area contributed by atoms with Crippen molar-refractivity contribution in [3.63, 3.8) is 0 Å². The molecule has 2 aromatic rings. The maximum Gasteiger partial charge on any atom is 0.131 e. The average Bonchev–Trinajstić information content (AvgIpc) is 2.77. The highest BCUT2D eigenvalue weighted by atomic mass is 16.5. The van der Waals surface area contributed by atoms with Gasteiger partial charge in [0, 0.05) is 25.6 Å². The van der Waals surface area contributed by atoms with Crippen LogP contribution in [0.25, 0.3) is 11.3 Å². The van der Waals surface area contributed by atoms with Crippen LogP contribution < -0.4 is 5.73 Å². The van der Waals surface area contributed by atoms with Crippen molar-refractivity contribution in [2.24, 2.45) is 5.92 Å². The Morgan fingerprint density at radius 3 is 2.80 bits per heavy atom. The molecular formula is C16H21N3O. The number of nitrogens with zero attached hydrogens (tertiary/aromatic N) is 2. The molecule has 2 N–H and O–H groups in total. The lowest BCUT2D eigenvalue weighted by molar-refractivity contribution is 0.185. The van der Waals surface area contributed by atoms with E-state index in [1.165, 1.54) is 6.42 Å². The third kappa shape index (κ3) is 2.31. The van der Waals surface area contributed by atoms with Gasteiger partial charge in [-0.05, 0) is 17.9 Å². The van der Waals surface area contributed by atoms with E-state index in [1.54, 1.807) is 7.11 Å². The molecule has 1 aliphatic heterocycles. The molecule has 0 radical (unpaired) electrons. The van der Waals surface area contributed by atoms with Crippen molar-refractivity contribution >= 4 is 5.82 Å². The molecule has 1 unspecified atom stereocenters. The Labute approximate surface area is 119 Å². The zero-order valence-corrected chi connectivity index (χ0v) is 12.1. The van der Waals surface area contributed by atoms with E-state index in [1.807, 2.05) is 0 Å². The molecule has 0 saturated heterocycles. The fraction of sp³-hybridized carbons (Fsp3) is 0.438. The van der Waals surface area contributed by atoms with Gasteiger partial charge in [0.25, 0.3) is 0 Å². The molecule has 4 heteroatoms. The van der Waals surface area contributed by atoms with Crippen molar-refractivity contribution < 1.29 is 4.74 Å². The van der Waals surface area contributed by atoms with Gasteiger partial charge < -0.3 is 15.0 Å². The zero-order valence-electron chi connectivity index (χ0n) is 12.1. The molecular weight excluding hydrogens is 250 g/mol. The van der Waals surface area contributed by atoms with Crippen LogP contribution in [0.3, 0.4) is 0 Å². The predicted molar refractivity (Wildman–Crippen MR) is 80.3 cm³/mol. The van der Waals surface area contributed by atoms with Crippen molar-refractivity contribution in [1.82, 2.24) is 9.55 Å². The summed E-state index contributed by atoms with van der Waals surface area (Å²) in [6.07, 6.45) is 2.20. The molecule has 1 aromatic heterocycles. The molecule has 3 rings (SSSR count). The molecule has 0 spiro atoms. The van der Waals surface area contributed by atoms with Gasteiger partial charge >= 0.3 is 0 Å². The minimum Gasteiger partial charge on any atom is -0.383 e. The smallest absolute Gasteiger partial charge is 0.131 e. The minimum atomic E-state index is 0.632. The number of hydrogen-bond acceptors (Lipinski definition) is 3. The summed E-state index contributed by atoms with van der Waals surface area (Å²) in [7, 11) is 1.70. The van der Waals surface area contributed by atoms with Gasteiger partial charge in [-0.1, -0.05) is 31.2 Å². The molecule has 0 amide bonds. The fourth-order valence-electron chi connectivity index (χ4n) is 2.82. The zero-order chi connectivity index (χ0) is 14.1. The van der Waals surface area contributed by atoms with E-state index in [9.17, 15) is 0 Å². The highest BCUT2D eigenvalue weighted by Crippen LogP contribution is 2.31. The summed E-state index contributed by atoms with van der Waals surface area (Å²) in [6, 6.07) is 8.28. The minimum absolute atomic E-state index is 0.632. The number of hydrogen-bond donors (Lipinski definition) is 1. The average molecular weight is 271 g/mol. The molecule has 4 nitrogen and oxygen atoms in total. The van der Waals surface area contributed by atoms with Crippen LogP contribution in [-0.4, -0.2) is 16.7 Å². The van der Waals surface area contributed by atoms with E-state index in [4.69, 9.17) is 15.5 Å². The maximum atomic E-state index is 6.27. The van der Waals surface area contributed by atoms with Crippen molar-refractivity contribution in [2.75, 3.05) is 12.8 Å². The summed E-state index contributed by atoms with van der Waals surface area (Å²) in [4.78, 5) is 4.75. The highest BCUT2D eigenvalue weighted by Gasteiger charge is 2.21. The number of methoxy groups -OCH3 is 1. The van der Waals surface area contributed by atoms with Gasteiger partial charge in [0.05, 0.1) is 6.61 Å². The maximum absolute atomic E-state index is 6.27. The lowest BCUT2D eigenvalue weighted by Gasteiger charge is -2.20. The van der Waals surface area contributed by atoms with Gasteiger partial charge in [0.2, 0.25) is 0 Å². The molecule has 0 bridgehead atoms. The summed E-state index contributed by atoms with van der Waals surface area (Å²) >= 11 is 0. The van der Waals surface area contributed by atoms with Gasteiger partial charge in [-0.3, -0.25) is 0 Å². The van der Waals surface area contributed by atoms with Gasteiger partial charge in [0.15, 0.2) is 0 Å². The van der Waals surface area contributed by atoms with Crippen LogP contribution >= 0.6 is 0 Å². The third-order valence-corrected chi connectivity index (χ3v) is 4.00. The van der Waals surface area contributed by atoms with E-state index < -0.39 is 0 Å².